The van der Waals surface area contributed by atoms with Crippen LogP contribution in [0.1, 0.15) is 30.4 Å². The number of nitrogens with zero attached hydrogens (tertiary/aromatic N) is 1. The molecule has 4 rings (SSSR count). The molecule has 0 aliphatic carbocycles. The minimum Gasteiger partial charge on any atom is -0.493 e. The van der Waals surface area contributed by atoms with E-state index in [-0.39, 0.29) is 24.8 Å². The van der Waals surface area contributed by atoms with Gasteiger partial charge in [0, 0.05) is 12.1 Å². The Morgan fingerprint density at radius 3 is 2.63 bits per heavy atom. The second-order valence-corrected chi connectivity index (χ2v) is 7.90. The number of likely N-dealkylation sites (tertiary alicyclic amines) is 1. The summed E-state index contributed by atoms with van der Waals surface area (Å²) in [4.78, 5) is 13.8. The van der Waals surface area contributed by atoms with Gasteiger partial charge in [-0.2, -0.15) is 0 Å². The molecule has 2 aromatic rings. The van der Waals surface area contributed by atoms with Crippen molar-refractivity contribution < 1.29 is 21.7 Å². The fraction of sp³-hybridized carbons (Fsp3) is 0.348. The van der Waals surface area contributed by atoms with Crippen LogP contribution < -0.4 is 9.47 Å². The van der Waals surface area contributed by atoms with E-state index in [0.717, 1.165) is 42.1 Å². The van der Waals surface area contributed by atoms with E-state index in [4.69, 9.17) is 9.47 Å². The molecule has 2 heterocycles. The van der Waals surface area contributed by atoms with Gasteiger partial charge in [0.15, 0.2) is 23.0 Å². The Hall–Kier alpha value is -2.13. The smallest absolute Gasteiger partial charge is 0.318 e. The van der Waals surface area contributed by atoms with Crippen LogP contribution in [0.3, 0.4) is 0 Å². The van der Waals surface area contributed by atoms with E-state index in [0.29, 0.717) is 12.4 Å². The number of hydrogen-bond donors (Lipinski definition) is 0. The minimum atomic E-state index is -0.323. The number of benzene rings is 2. The lowest BCUT2D eigenvalue weighted by Gasteiger charge is -2.27. The predicted octanol–water partition coefficient (Wildman–Crippen LogP) is 4.78. The van der Waals surface area contributed by atoms with Crippen LogP contribution in [0.5, 0.6) is 11.5 Å². The second kappa shape index (κ2) is 9.78. The quantitative estimate of drug-likeness (QED) is 0.490. The SMILES string of the molecule is O=C(CCOc1ccc2c(c1)C(c1ccc(F)cc1)=C(CN1CCCC1)CO2)OI. The lowest BCUT2D eigenvalue weighted by Crippen LogP contribution is -2.26. The van der Waals surface area contributed by atoms with Gasteiger partial charge in [0.25, 0.3) is 0 Å². The van der Waals surface area contributed by atoms with E-state index in [1.165, 1.54) is 30.5 Å². The number of fused-ring (bicyclic) bond motifs is 1. The van der Waals surface area contributed by atoms with Crippen molar-refractivity contribution in [3.8, 4) is 11.5 Å². The molecular weight excluding hydrogens is 500 g/mol. The zero-order valence-electron chi connectivity index (χ0n) is 16.5. The van der Waals surface area contributed by atoms with Crippen molar-refractivity contribution in [2.24, 2.45) is 0 Å². The average Bonchev–Trinajstić information content (AvgIpc) is 3.27. The van der Waals surface area contributed by atoms with Crippen LogP contribution >= 0.6 is 23.0 Å². The van der Waals surface area contributed by atoms with Gasteiger partial charge < -0.3 is 12.5 Å². The molecule has 158 valence electrons. The predicted molar refractivity (Wildman–Crippen MR) is 120 cm³/mol. The molecule has 0 radical (unpaired) electrons. The van der Waals surface area contributed by atoms with Crippen LogP contribution in [0.15, 0.2) is 48.0 Å². The van der Waals surface area contributed by atoms with Crippen LogP contribution in [-0.2, 0) is 7.86 Å². The first-order chi connectivity index (χ1) is 14.6. The highest BCUT2D eigenvalue weighted by Gasteiger charge is 2.25. The van der Waals surface area contributed by atoms with Crippen LogP contribution in [0, 0.1) is 5.82 Å². The highest BCUT2D eigenvalue weighted by molar-refractivity contribution is 14.1. The fourth-order valence-corrected chi connectivity index (χ4v) is 4.17. The fourth-order valence-electron chi connectivity index (χ4n) is 3.95. The molecule has 1 saturated heterocycles. The molecule has 0 aromatic heterocycles. The highest BCUT2D eigenvalue weighted by atomic mass is 127. The third kappa shape index (κ3) is 4.95. The summed E-state index contributed by atoms with van der Waals surface area (Å²) < 4.78 is 30.0. The van der Waals surface area contributed by atoms with Gasteiger partial charge in [-0.05, 0) is 73.0 Å². The molecule has 2 aromatic carbocycles. The van der Waals surface area contributed by atoms with Crippen molar-refractivity contribution in [3.05, 3.63) is 65.0 Å². The summed E-state index contributed by atoms with van der Waals surface area (Å²) in [6.45, 7) is 3.75. The van der Waals surface area contributed by atoms with Crippen LogP contribution in [0.4, 0.5) is 4.39 Å². The molecule has 0 saturated carbocycles. The summed E-state index contributed by atoms with van der Waals surface area (Å²) in [6, 6.07) is 12.3. The maximum atomic E-state index is 13.6. The maximum absolute atomic E-state index is 13.6. The molecule has 30 heavy (non-hydrogen) atoms. The number of carbonyl (C=O) groups is 1. The van der Waals surface area contributed by atoms with Crippen LogP contribution in [0.2, 0.25) is 0 Å². The molecule has 0 bridgehead atoms. The molecule has 7 heteroatoms. The lowest BCUT2D eigenvalue weighted by atomic mass is 9.90. The topological polar surface area (TPSA) is 48.0 Å². The Balaban J connectivity index is 1.67. The largest absolute Gasteiger partial charge is 0.493 e. The first-order valence-corrected chi connectivity index (χ1v) is 10.9. The van der Waals surface area contributed by atoms with Crippen molar-refractivity contribution in [3.63, 3.8) is 0 Å². The number of halogens is 2. The van der Waals surface area contributed by atoms with Gasteiger partial charge >= 0.3 is 5.97 Å². The van der Waals surface area contributed by atoms with Crippen molar-refractivity contribution >= 4 is 34.5 Å². The molecular formula is C23H23FINO4. The van der Waals surface area contributed by atoms with Gasteiger partial charge in [-0.25, -0.2) is 4.39 Å². The monoisotopic (exact) mass is 523 g/mol. The zero-order valence-corrected chi connectivity index (χ0v) is 18.7. The molecule has 2 aliphatic rings. The molecule has 0 amide bonds. The third-order valence-corrected chi connectivity index (χ3v) is 5.87. The number of hydrogen-bond acceptors (Lipinski definition) is 5. The van der Waals surface area contributed by atoms with E-state index < -0.39 is 0 Å². The normalized spacial score (nSPS) is 16.2. The molecule has 0 N–H and O–H groups in total. The lowest BCUT2D eigenvalue weighted by molar-refractivity contribution is -0.131. The third-order valence-electron chi connectivity index (χ3n) is 5.38. The summed E-state index contributed by atoms with van der Waals surface area (Å²) in [5.74, 6) is 0.850. The van der Waals surface area contributed by atoms with Crippen LogP contribution in [-0.4, -0.2) is 43.7 Å². The number of rotatable bonds is 7. The molecule has 1 fully saturated rings. The van der Waals surface area contributed by atoms with E-state index in [1.54, 1.807) is 23.0 Å². The number of ether oxygens (including phenoxy) is 2. The first-order valence-electron chi connectivity index (χ1n) is 10.1. The van der Waals surface area contributed by atoms with Gasteiger partial charge in [0.05, 0.1) is 13.0 Å². The Morgan fingerprint density at radius 2 is 1.90 bits per heavy atom. The van der Waals surface area contributed by atoms with Gasteiger partial charge in [-0.1, -0.05) is 12.1 Å². The Labute approximate surface area is 189 Å². The molecule has 5 nitrogen and oxygen atoms in total. The Morgan fingerprint density at radius 1 is 1.13 bits per heavy atom. The van der Waals surface area contributed by atoms with Gasteiger partial charge in [0.1, 0.15) is 23.9 Å². The summed E-state index contributed by atoms with van der Waals surface area (Å²) in [5.41, 5.74) is 4.14. The van der Waals surface area contributed by atoms with Crippen molar-refractivity contribution in [2.45, 2.75) is 19.3 Å². The standard InChI is InChI=1S/C23H23FINO4/c24-18-5-3-16(4-6-18)23-17(14-26-10-1-2-11-26)15-29-21-8-7-19(13-20(21)23)28-12-9-22(27)30-25/h3-8,13H,1-2,9-12,14-15H2. The van der Waals surface area contributed by atoms with E-state index in [2.05, 4.69) is 7.97 Å². The first kappa shape index (κ1) is 21.1. The zero-order chi connectivity index (χ0) is 20.9. The summed E-state index contributed by atoms with van der Waals surface area (Å²) in [7, 11) is 0. The van der Waals surface area contributed by atoms with Crippen molar-refractivity contribution in [1.82, 2.24) is 4.90 Å². The average molecular weight is 523 g/mol. The summed E-state index contributed by atoms with van der Waals surface area (Å²) in [5, 5.41) is 0. The minimum absolute atomic E-state index is 0.178. The van der Waals surface area contributed by atoms with Crippen molar-refractivity contribution in [2.75, 3.05) is 32.8 Å². The van der Waals surface area contributed by atoms with Gasteiger partial charge in [0.2, 0.25) is 0 Å². The van der Waals surface area contributed by atoms with E-state index in [1.807, 2.05) is 30.3 Å². The van der Waals surface area contributed by atoms with E-state index in [9.17, 15) is 9.18 Å². The maximum Gasteiger partial charge on any atom is 0.318 e. The number of carbonyl (C=O) groups excluding carboxylic acids is 1. The molecule has 0 spiro atoms. The molecule has 0 atom stereocenters. The van der Waals surface area contributed by atoms with Crippen molar-refractivity contribution in [1.29, 1.82) is 0 Å². The highest BCUT2D eigenvalue weighted by Crippen LogP contribution is 2.40. The van der Waals surface area contributed by atoms with Gasteiger partial charge in [-0.3, -0.25) is 9.69 Å². The molecule has 2 aliphatic heterocycles. The summed E-state index contributed by atoms with van der Waals surface area (Å²) in [6.07, 6.45) is 2.61. The summed E-state index contributed by atoms with van der Waals surface area (Å²) >= 11 is 1.57. The van der Waals surface area contributed by atoms with Crippen LogP contribution in [0.25, 0.3) is 5.57 Å². The van der Waals surface area contributed by atoms with E-state index >= 15 is 0 Å². The molecule has 0 unspecified atom stereocenters. The Bertz CT molecular complexity index is 939. The van der Waals surface area contributed by atoms with Gasteiger partial charge in [-0.15, -0.1) is 0 Å². The Kier molecular flexibility index (Phi) is 6.89. The second-order valence-electron chi connectivity index (χ2n) is 7.46.